The van der Waals surface area contributed by atoms with Crippen LogP contribution in [0.25, 0.3) is 11.1 Å². The van der Waals surface area contributed by atoms with Gasteiger partial charge in [0.25, 0.3) is 0 Å². The van der Waals surface area contributed by atoms with E-state index in [4.69, 9.17) is 9.47 Å². The number of carbonyl (C=O) groups excluding carboxylic acids is 2. The second-order valence-corrected chi connectivity index (χ2v) is 10.7. The highest BCUT2D eigenvalue weighted by Crippen LogP contribution is 2.44. The Morgan fingerprint density at radius 3 is 2.19 bits per heavy atom. The molecule has 2 amide bonds. The Kier molecular flexibility index (Phi) is 7.24. The third-order valence-electron chi connectivity index (χ3n) is 6.77. The molecule has 0 aliphatic heterocycles. The standard InChI is InChI=1S/C28H34N2O6/c1-27(2,3)36-25(33)29-18-9-8-14-28(15-18,16-24(31)32)30-26(34)35-17-23-21-12-6-4-10-19(21)20-11-5-7-13-22(20)23/h4-7,10-13,18,23H,8-9,14-17H2,1-3H3,(H,29,33)(H,30,34)(H,31,32). The first-order chi connectivity index (χ1) is 17.1. The average molecular weight is 495 g/mol. The van der Waals surface area contributed by atoms with E-state index in [2.05, 4.69) is 22.8 Å². The smallest absolute Gasteiger partial charge is 0.407 e. The van der Waals surface area contributed by atoms with E-state index in [-0.39, 0.29) is 31.4 Å². The summed E-state index contributed by atoms with van der Waals surface area (Å²) in [5, 5.41) is 15.3. The lowest BCUT2D eigenvalue weighted by Gasteiger charge is -2.40. The zero-order valence-electron chi connectivity index (χ0n) is 21.0. The minimum absolute atomic E-state index is 0.0912. The molecule has 1 saturated carbocycles. The lowest BCUT2D eigenvalue weighted by Crippen LogP contribution is -2.56. The molecule has 0 aromatic heterocycles. The predicted molar refractivity (Wildman–Crippen MR) is 135 cm³/mol. The second kappa shape index (κ2) is 10.2. The fraction of sp³-hybridized carbons (Fsp3) is 0.464. The summed E-state index contributed by atoms with van der Waals surface area (Å²) in [5.74, 6) is -1.11. The van der Waals surface area contributed by atoms with Crippen molar-refractivity contribution in [3.63, 3.8) is 0 Å². The van der Waals surface area contributed by atoms with Crippen LogP contribution in [0.3, 0.4) is 0 Å². The number of rotatable bonds is 6. The van der Waals surface area contributed by atoms with Crippen molar-refractivity contribution < 1.29 is 29.0 Å². The number of carbonyl (C=O) groups is 3. The van der Waals surface area contributed by atoms with Crippen LogP contribution < -0.4 is 10.6 Å². The first-order valence-corrected chi connectivity index (χ1v) is 12.4. The summed E-state index contributed by atoms with van der Waals surface area (Å²) >= 11 is 0. The molecular formula is C28H34N2O6. The number of aliphatic carboxylic acids is 1. The van der Waals surface area contributed by atoms with Crippen LogP contribution in [-0.2, 0) is 14.3 Å². The summed E-state index contributed by atoms with van der Waals surface area (Å²) in [5.41, 5.74) is 2.81. The molecule has 8 nitrogen and oxygen atoms in total. The summed E-state index contributed by atoms with van der Waals surface area (Å²) in [7, 11) is 0. The van der Waals surface area contributed by atoms with Crippen molar-refractivity contribution in [3.8, 4) is 11.1 Å². The number of carboxylic acid groups (broad SMARTS) is 1. The van der Waals surface area contributed by atoms with Crippen molar-refractivity contribution in [2.75, 3.05) is 6.61 Å². The van der Waals surface area contributed by atoms with Gasteiger partial charge in [-0.25, -0.2) is 9.59 Å². The molecule has 2 aromatic carbocycles. The number of alkyl carbamates (subject to hydrolysis) is 2. The number of ether oxygens (including phenoxy) is 2. The number of fused-ring (bicyclic) bond motifs is 3. The minimum atomic E-state index is -1.02. The third-order valence-corrected chi connectivity index (χ3v) is 6.77. The van der Waals surface area contributed by atoms with Gasteiger partial charge in [0, 0.05) is 12.0 Å². The number of hydrogen-bond donors (Lipinski definition) is 3. The maximum atomic E-state index is 13.0. The van der Waals surface area contributed by atoms with Gasteiger partial charge in [0.2, 0.25) is 0 Å². The summed E-state index contributed by atoms with van der Waals surface area (Å²) in [6.45, 7) is 5.48. The maximum absolute atomic E-state index is 13.0. The Bertz CT molecular complexity index is 1100. The van der Waals surface area contributed by atoms with Crippen molar-refractivity contribution in [1.82, 2.24) is 10.6 Å². The van der Waals surface area contributed by atoms with E-state index in [1.807, 2.05) is 36.4 Å². The molecule has 0 spiro atoms. The number of carboxylic acids is 1. The summed E-state index contributed by atoms with van der Waals surface area (Å²) in [6, 6.07) is 15.8. The fourth-order valence-electron chi connectivity index (χ4n) is 5.42. The molecule has 2 atom stereocenters. The van der Waals surface area contributed by atoms with E-state index in [1.165, 1.54) is 0 Å². The van der Waals surface area contributed by atoms with E-state index in [0.29, 0.717) is 19.3 Å². The molecule has 0 heterocycles. The quantitative estimate of drug-likeness (QED) is 0.508. The van der Waals surface area contributed by atoms with Crippen molar-refractivity contribution in [1.29, 1.82) is 0 Å². The molecule has 0 saturated heterocycles. The van der Waals surface area contributed by atoms with Crippen LogP contribution in [0.1, 0.15) is 69.9 Å². The molecule has 1 fully saturated rings. The molecule has 0 bridgehead atoms. The summed E-state index contributed by atoms with van der Waals surface area (Å²) in [6.07, 6.45) is 0.614. The Hall–Kier alpha value is -3.55. The summed E-state index contributed by atoms with van der Waals surface area (Å²) < 4.78 is 11.0. The van der Waals surface area contributed by atoms with Crippen LogP contribution >= 0.6 is 0 Å². The first kappa shape index (κ1) is 25.5. The van der Waals surface area contributed by atoms with Crippen molar-refractivity contribution >= 4 is 18.2 Å². The summed E-state index contributed by atoms with van der Waals surface area (Å²) in [4.78, 5) is 36.9. The number of nitrogens with one attached hydrogen (secondary N) is 2. The predicted octanol–water partition coefficient (Wildman–Crippen LogP) is 5.21. The molecule has 2 aliphatic rings. The van der Waals surface area contributed by atoms with E-state index >= 15 is 0 Å². The first-order valence-electron chi connectivity index (χ1n) is 12.4. The highest BCUT2D eigenvalue weighted by molar-refractivity contribution is 5.79. The largest absolute Gasteiger partial charge is 0.481 e. The zero-order chi connectivity index (χ0) is 25.9. The molecule has 4 rings (SSSR count). The van der Waals surface area contributed by atoms with E-state index in [0.717, 1.165) is 22.3 Å². The van der Waals surface area contributed by atoms with E-state index in [9.17, 15) is 19.5 Å². The monoisotopic (exact) mass is 494 g/mol. The van der Waals surface area contributed by atoms with Crippen LogP contribution in [0.2, 0.25) is 0 Å². The number of hydrogen-bond acceptors (Lipinski definition) is 5. The third kappa shape index (κ3) is 5.98. The van der Waals surface area contributed by atoms with Crippen molar-refractivity contribution in [3.05, 3.63) is 59.7 Å². The van der Waals surface area contributed by atoms with Crippen LogP contribution in [0, 0.1) is 0 Å². The van der Waals surface area contributed by atoms with E-state index in [1.54, 1.807) is 20.8 Å². The van der Waals surface area contributed by atoms with Crippen LogP contribution in [0.15, 0.2) is 48.5 Å². The fourth-order valence-corrected chi connectivity index (χ4v) is 5.42. The van der Waals surface area contributed by atoms with Gasteiger partial charge in [0.1, 0.15) is 12.2 Å². The minimum Gasteiger partial charge on any atom is -0.481 e. The van der Waals surface area contributed by atoms with Gasteiger partial charge < -0.3 is 25.2 Å². The van der Waals surface area contributed by atoms with Gasteiger partial charge in [-0.1, -0.05) is 48.5 Å². The SMILES string of the molecule is CC(C)(C)OC(=O)NC1CCCC(CC(=O)O)(NC(=O)OCC2c3ccccc3-c3ccccc32)C1. The molecule has 2 unspecified atom stereocenters. The molecule has 3 N–H and O–H groups in total. The normalized spacial score (nSPS) is 21.1. The van der Waals surface area contributed by atoms with Crippen LogP contribution in [-0.4, -0.2) is 47.1 Å². The molecule has 36 heavy (non-hydrogen) atoms. The Morgan fingerprint density at radius 1 is 1.00 bits per heavy atom. The van der Waals surface area contributed by atoms with Gasteiger partial charge in [-0.15, -0.1) is 0 Å². The van der Waals surface area contributed by atoms with Crippen LogP contribution in [0.5, 0.6) is 0 Å². The lowest BCUT2D eigenvalue weighted by molar-refractivity contribution is -0.139. The van der Waals surface area contributed by atoms with Gasteiger partial charge >= 0.3 is 18.2 Å². The second-order valence-electron chi connectivity index (χ2n) is 10.7. The average Bonchev–Trinajstić information content (AvgIpc) is 3.09. The van der Waals surface area contributed by atoms with Crippen molar-refractivity contribution in [2.45, 2.75) is 76.0 Å². The lowest BCUT2D eigenvalue weighted by atomic mass is 9.77. The Labute approximate surface area is 211 Å². The van der Waals surface area contributed by atoms with Gasteiger partial charge in [-0.2, -0.15) is 0 Å². The van der Waals surface area contributed by atoms with Gasteiger partial charge in [-0.3, -0.25) is 4.79 Å². The molecule has 8 heteroatoms. The Morgan fingerprint density at radius 2 is 1.61 bits per heavy atom. The van der Waals surface area contributed by atoms with Gasteiger partial charge in [0.05, 0.1) is 12.0 Å². The zero-order valence-corrected chi connectivity index (χ0v) is 21.0. The molecule has 192 valence electrons. The number of benzene rings is 2. The van der Waals surface area contributed by atoms with E-state index < -0.39 is 29.3 Å². The Balaban J connectivity index is 1.43. The topological polar surface area (TPSA) is 114 Å². The van der Waals surface area contributed by atoms with Crippen molar-refractivity contribution in [2.24, 2.45) is 0 Å². The van der Waals surface area contributed by atoms with Gasteiger partial charge in [-0.05, 0) is 68.7 Å². The maximum Gasteiger partial charge on any atom is 0.407 e. The van der Waals surface area contributed by atoms with Crippen LogP contribution in [0.4, 0.5) is 9.59 Å². The molecule has 2 aromatic rings. The highest BCUT2D eigenvalue weighted by atomic mass is 16.6. The molecule has 0 radical (unpaired) electrons. The molecular weight excluding hydrogens is 460 g/mol. The van der Waals surface area contributed by atoms with Gasteiger partial charge in [0.15, 0.2) is 0 Å². The number of amides is 2. The molecule has 2 aliphatic carbocycles. The highest BCUT2D eigenvalue weighted by Gasteiger charge is 2.41.